The molecule has 0 radical (unpaired) electrons. The number of hydrogen-bond acceptors (Lipinski definition) is 4. The van der Waals surface area contributed by atoms with Crippen LogP contribution in [0.3, 0.4) is 0 Å². The maximum absolute atomic E-state index is 12.8. The van der Waals surface area contributed by atoms with Gasteiger partial charge in [0.25, 0.3) is 0 Å². The molecule has 0 aromatic heterocycles. The predicted molar refractivity (Wildman–Crippen MR) is 91.8 cm³/mol. The Morgan fingerprint density at radius 3 is 2.36 bits per heavy atom. The van der Waals surface area contributed by atoms with E-state index in [1.165, 1.54) is 12.8 Å². The van der Waals surface area contributed by atoms with Crippen LogP contribution < -0.4 is 0 Å². The van der Waals surface area contributed by atoms with Gasteiger partial charge in [-0.2, -0.15) is 0 Å². The highest BCUT2D eigenvalue weighted by Crippen LogP contribution is 2.42. The fraction of sp³-hybridized carbons (Fsp3) is 0.895. The van der Waals surface area contributed by atoms with Crippen LogP contribution >= 0.6 is 0 Å². The molecule has 0 aromatic rings. The first-order valence-electron chi connectivity index (χ1n) is 10.0. The van der Waals surface area contributed by atoms with Crippen molar-refractivity contribution in [2.45, 2.75) is 44.2 Å². The molecule has 6 nitrogen and oxygen atoms in total. The standard InChI is InChI=1S/C19H29N3O3/c1-13-7-15(13)17(23)22-11-19(12-22)10-21(8-14-3-4-14)16(9-25-19)18(24)20-5-2-6-20/h13-16H,2-12H2,1H3/t13-,15+,16+/m1/s1. The second kappa shape index (κ2) is 5.68. The van der Waals surface area contributed by atoms with E-state index in [1.807, 2.05) is 9.80 Å². The van der Waals surface area contributed by atoms with Gasteiger partial charge in [-0.15, -0.1) is 0 Å². The number of carbonyl (C=O) groups is 2. The molecule has 5 aliphatic rings. The largest absolute Gasteiger partial charge is 0.368 e. The maximum Gasteiger partial charge on any atom is 0.242 e. The Morgan fingerprint density at radius 1 is 1.08 bits per heavy atom. The highest BCUT2D eigenvalue weighted by Gasteiger charge is 2.55. The lowest BCUT2D eigenvalue weighted by molar-refractivity contribution is -0.208. The Balaban J connectivity index is 1.23. The van der Waals surface area contributed by atoms with Gasteiger partial charge in [0.1, 0.15) is 11.6 Å². The molecule has 6 heteroatoms. The van der Waals surface area contributed by atoms with E-state index in [0.717, 1.165) is 44.9 Å². The predicted octanol–water partition coefficient (Wildman–Crippen LogP) is 0.567. The molecule has 3 atom stereocenters. The number of ether oxygens (including phenoxy) is 1. The number of carbonyl (C=O) groups excluding carboxylic acids is 2. The lowest BCUT2D eigenvalue weighted by Crippen LogP contribution is -2.74. The Hall–Kier alpha value is -1.14. The minimum Gasteiger partial charge on any atom is -0.368 e. The van der Waals surface area contributed by atoms with Gasteiger partial charge >= 0.3 is 0 Å². The van der Waals surface area contributed by atoms with Gasteiger partial charge in [-0.05, 0) is 37.5 Å². The summed E-state index contributed by atoms with van der Waals surface area (Å²) in [5.74, 6) is 2.13. The zero-order valence-electron chi connectivity index (χ0n) is 15.2. The summed E-state index contributed by atoms with van der Waals surface area (Å²) < 4.78 is 6.21. The van der Waals surface area contributed by atoms with E-state index in [2.05, 4.69) is 11.8 Å². The normalized spacial score (nSPS) is 36.8. The molecule has 5 fully saturated rings. The van der Waals surface area contributed by atoms with E-state index in [9.17, 15) is 9.59 Å². The van der Waals surface area contributed by atoms with Crippen LogP contribution in [0.25, 0.3) is 0 Å². The maximum atomic E-state index is 12.8. The fourth-order valence-electron chi connectivity index (χ4n) is 4.58. The Bertz CT molecular complexity index is 580. The summed E-state index contributed by atoms with van der Waals surface area (Å²) in [6.07, 6.45) is 4.75. The molecule has 3 heterocycles. The summed E-state index contributed by atoms with van der Waals surface area (Å²) in [4.78, 5) is 31.5. The topological polar surface area (TPSA) is 53.1 Å². The molecule has 2 aliphatic carbocycles. The van der Waals surface area contributed by atoms with Crippen molar-refractivity contribution in [3.63, 3.8) is 0 Å². The van der Waals surface area contributed by atoms with Gasteiger partial charge < -0.3 is 14.5 Å². The van der Waals surface area contributed by atoms with Crippen LogP contribution in [0, 0.1) is 17.8 Å². The third-order valence-electron chi connectivity index (χ3n) is 6.82. The molecule has 1 spiro atoms. The third kappa shape index (κ3) is 2.87. The second-order valence-corrected chi connectivity index (χ2v) is 9.08. The van der Waals surface area contributed by atoms with Crippen molar-refractivity contribution in [2.24, 2.45) is 17.8 Å². The van der Waals surface area contributed by atoms with E-state index < -0.39 is 0 Å². The smallest absolute Gasteiger partial charge is 0.242 e. The van der Waals surface area contributed by atoms with Crippen LogP contribution in [-0.2, 0) is 14.3 Å². The summed E-state index contributed by atoms with van der Waals surface area (Å²) in [6.45, 7) is 7.68. The molecule has 0 aromatic carbocycles. The van der Waals surface area contributed by atoms with Crippen LogP contribution in [-0.4, -0.2) is 84.0 Å². The van der Waals surface area contributed by atoms with Crippen molar-refractivity contribution in [1.82, 2.24) is 14.7 Å². The third-order valence-corrected chi connectivity index (χ3v) is 6.82. The number of amides is 2. The first-order chi connectivity index (χ1) is 12.0. The molecule has 5 rings (SSSR count). The minimum absolute atomic E-state index is 0.111. The first-order valence-corrected chi connectivity index (χ1v) is 10.0. The van der Waals surface area contributed by atoms with Gasteiger partial charge in [-0.1, -0.05) is 6.92 Å². The number of hydrogen-bond donors (Lipinski definition) is 0. The van der Waals surface area contributed by atoms with E-state index in [-0.39, 0.29) is 23.5 Å². The average molecular weight is 347 g/mol. The Morgan fingerprint density at radius 2 is 1.80 bits per heavy atom. The second-order valence-electron chi connectivity index (χ2n) is 9.08. The van der Waals surface area contributed by atoms with Crippen molar-refractivity contribution >= 4 is 11.8 Å². The van der Waals surface area contributed by atoms with E-state index in [0.29, 0.717) is 31.5 Å². The van der Waals surface area contributed by atoms with Crippen molar-refractivity contribution in [1.29, 1.82) is 0 Å². The quantitative estimate of drug-likeness (QED) is 0.746. The van der Waals surface area contributed by atoms with Crippen molar-refractivity contribution in [2.75, 3.05) is 45.9 Å². The molecule has 0 unspecified atom stereocenters. The molecule has 138 valence electrons. The number of rotatable bonds is 4. The van der Waals surface area contributed by atoms with E-state index in [1.54, 1.807) is 0 Å². The summed E-state index contributed by atoms with van der Waals surface area (Å²) in [6, 6.07) is -0.111. The molecule has 3 aliphatic heterocycles. The Kier molecular flexibility index (Phi) is 3.65. The van der Waals surface area contributed by atoms with Gasteiger partial charge in [0.2, 0.25) is 11.8 Å². The minimum atomic E-state index is -0.228. The highest BCUT2D eigenvalue weighted by molar-refractivity contribution is 5.83. The number of nitrogens with zero attached hydrogens (tertiary/aromatic N) is 3. The zero-order valence-corrected chi connectivity index (χ0v) is 15.2. The highest BCUT2D eigenvalue weighted by atomic mass is 16.5. The molecule has 25 heavy (non-hydrogen) atoms. The van der Waals surface area contributed by atoms with E-state index >= 15 is 0 Å². The fourth-order valence-corrected chi connectivity index (χ4v) is 4.58. The molecule has 0 bridgehead atoms. The van der Waals surface area contributed by atoms with Crippen molar-refractivity contribution in [3.05, 3.63) is 0 Å². The van der Waals surface area contributed by atoms with Gasteiger partial charge in [0.05, 0.1) is 19.7 Å². The molecule has 2 saturated carbocycles. The first kappa shape index (κ1) is 16.1. The lowest BCUT2D eigenvalue weighted by atomic mass is 9.89. The summed E-state index contributed by atoms with van der Waals surface area (Å²) in [5.41, 5.74) is -0.228. The lowest BCUT2D eigenvalue weighted by Gasteiger charge is -2.56. The van der Waals surface area contributed by atoms with Crippen LogP contribution in [0.4, 0.5) is 0 Å². The SMILES string of the molecule is C[C@@H]1C[C@@H]1C(=O)N1CC2(C1)CN(CC1CC1)[C@H](C(=O)N1CCC1)CO2. The summed E-state index contributed by atoms with van der Waals surface area (Å²) in [7, 11) is 0. The van der Waals surface area contributed by atoms with Crippen LogP contribution in [0.15, 0.2) is 0 Å². The van der Waals surface area contributed by atoms with E-state index in [4.69, 9.17) is 4.74 Å². The summed E-state index contributed by atoms with van der Waals surface area (Å²) >= 11 is 0. The van der Waals surface area contributed by atoms with Gasteiger partial charge in [0.15, 0.2) is 0 Å². The van der Waals surface area contributed by atoms with Crippen LogP contribution in [0.1, 0.15) is 32.6 Å². The van der Waals surface area contributed by atoms with Gasteiger partial charge in [0, 0.05) is 32.1 Å². The molecular formula is C19H29N3O3. The van der Waals surface area contributed by atoms with Gasteiger partial charge in [-0.25, -0.2) is 0 Å². The Labute approximate surface area is 149 Å². The monoisotopic (exact) mass is 347 g/mol. The van der Waals surface area contributed by atoms with Crippen molar-refractivity contribution < 1.29 is 14.3 Å². The van der Waals surface area contributed by atoms with Crippen LogP contribution in [0.2, 0.25) is 0 Å². The number of likely N-dealkylation sites (tertiary alicyclic amines) is 2. The molecule has 0 N–H and O–H groups in total. The summed E-state index contributed by atoms with van der Waals surface area (Å²) in [5, 5.41) is 0. The van der Waals surface area contributed by atoms with Crippen molar-refractivity contribution in [3.8, 4) is 0 Å². The number of morpholine rings is 1. The molecule has 3 saturated heterocycles. The average Bonchev–Trinajstić information content (AvgIpc) is 3.40. The van der Waals surface area contributed by atoms with Crippen LogP contribution in [0.5, 0.6) is 0 Å². The molecule has 2 amide bonds. The zero-order chi connectivity index (χ0) is 17.2. The molecular weight excluding hydrogens is 318 g/mol. The van der Waals surface area contributed by atoms with Gasteiger partial charge in [-0.3, -0.25) is 14.5 Å².